The first kappa shape index (κ1) is 12.2. The number of ether oxygens (including phenoxy) is 2. The van der Waals surface area contributed by atoms with Crippen LogP contribution in [0.5, 0.6) is 5.06 Å². The van der Waals surface area contributed by atoms with Crippen molar-refractivity contribution in [1.82, 2.24) is 4.90 Å². The zero-order chi connectivity index (χ0) is 12.6. The van der Waals surface area contributed by atoms with Crippen LogP contribution in [-0.4, -0.2) is 23.7 Å². The number of hydrogen-bond donors (Lipinski definition) is 0. The Balaban J connectivity index is 2.05. The van der Waals surface area contributed by atoms with Crippen LogP contribution in [0.25, 0.3) is 0 Å². The fraction of sp³-hybridized carbons (Fsp3) is 0.583. The predicted octanol–water partition coefficient (Wildman–Crippen LogP) is 3.01. The molecule has 94 valence electrons. The van der Waals surface area contributed by atoms with E-state index in [1.54, 1.807) is 23.3 Å². The molecule has 0 radical (unpaired) electrons. The molecular formula is C12H17NO3S. The molecule has 4 nitrogen and oxygen atoms in total. The van der Waals surface area contributed by atoms with E-state index in [0.29, 0.717) is 13.1 Å². The number of carbonyl (C=O) groups excluding carboxylic acids is 1. The standard InChI is InChI=1S/C12H17NO3S/c1-12(2,3)16-11(14)13-5-8-7-17-10(15-4)9(8)6-13/h7H,5-6H2,1-4H3. The van der Waals surface area contributed by atoms with Crippen molar-refractivity contribution in [2.75, 3.05) is 7.11 Å². The molecule has 2 rings (SSSR count). The summed E-state index contributed by atoms with van der Waals surface area (Å²) in [5.41, 5.74) is 1.83. The molecule has 17 heavy (non-hydrogen) atoms. The molecule has 0 aromatic carbocycles. The Hall–Kier alpha value is -1.23. The van der Waals surface area contributed by atoms with Gasteiger partial charge in [-0.15, -0.1) is 11.3 Å². The summed E-state index contributed by atoms with van der Waals surface area (Å²) < 4.78 is 10.6. The maximum Gasteiger partial charge on any atom is 0.410 e. The summed E-state index contributed by atoms with van der Waals surface area (Å²) >= 11 is 1.58. The van der Waals surface area contributed by atoms with Gasteiger partial charge in [0.1, 0.15) is 5.60 Å². The molecule has 0 aliphatic carbocycles. The average Bonchev–Trinajstić information content (AvgIpc) is 2.72. The highest BCUT2D eigenvalue weighted by molar-refractivity contribution is 7.12. The highest BCUT2D eigenvalue weighted by Crippen LogP contribution is 2.37. The fourth-order valence-electron chi connectivity index (χ4n) is 1.78. The molecule has 1 aliphatic heterocycles. The quantitative estimate of drug-likeness (QED) is 0.774. The summed E-state index contributed by atoms with van der Waals surface area (Å²) in [6, 6.07) is 0. The van der Waals surface area contributed by atoms with E-state index in [2.05, 4.69) is 0 Å². The molecule has 0 fully saturated rings. The van der Waals surface area contributed by atoms with Gasteiger partial charge < -0.3 is 9.47 Å². The van der Waals surface area contributed by atoms with E-state index in [4.69, 9.17) is 9.47 Å². The van der Waals surface area contributed by atoms with Crippen molar-refractivity contribution in [2.45, 2.75) is 39.5 Å². The Morgan fingerprint density at radius 3 is 2.71 bits per heavy atom. The van der Waals surface area contributed by atoms with Gasteiger partial charge in [0.25, 0.3) is 0 Å². The lowest BCUT2D eigenvalue weighted by molar-refractivity contribution is 0.0241. The van der Waals surface area contributed by atoms with Crippen LogP contribution in [0.2, 0.25) is 0 Å². The molecule has 0 spiro atoms. The van der Waals surface area contributed by atoms with Gasteiger partial charge in [-0.1, -0.05) is 0 Å². The number of carbonyl (C=O) groups is 1. The lowest BCUT2D eigenvalue weighted by atomic mass is 10.2. The molecule has 0 saturated heterocycles. The SMILES string of the molecule is COc1scc2c1CN(C(=O)OC(C)(C)C)C2. The Morgan fingerprint density at radius 2 is 2.12 bits per heavy atom. The monoisotopic (exact) mass is 255 g/mol. The van der Waals surface area contributed by atoms with Crippen LogP contribution in [0.3, 0.4) is 0 Å². The van der Waals surface area contributed by atoms with Crippen molar-refractivity contribution < 1.29 is 14.3 Å². The number of fused-ring (bicyclic) bond motifs is 1. The first-order chi connectivity index (χ1) is 7.90. The van der Waals surface area contributed by atoms with Gasteiger partial charge in [0, 0.05) is 5.56 Å². The van der Waals surface area contributed by atoms with E-state index < -0.39 is 5.60 Å². The maximum absolute atomic E-state index is 11.9. The molecular weight excluding hydrogens is 238 g/mol. The van der Waals surface area contributed by atoms with Crippen LogP contribution in [0.4, 0.5) is 4.79 Å². The van der Waals surface area contributed by atoms with Crippen molar-refractivity contribution in [2.24, 2.45) is 0 Å². The predicted molar refractivity (Wildman–Crippen MR) is 66.4 cm³/mol. The van der Waals surface area contributed by atoms with E-state index in [1.165, 1.54) is 0 Å². The smallest absolute Gasteiger partial charge is 0.410 e. The third-order valence-corrected chi connectivity index (χ3v) is 3.52. The lowest BCUT2D eigenvalue weighted by Gasteiger charge is -2.24. The van der Waals surface area contributed by atoms with Gasteiger partial charge in [-0.05, 0) is 31.7 Å². The lowest BCUT2D eigenvalue weighted by Crippen LogP contribution is -2.33. The summed E-state index contributed by atoms with van der Waals surface area (Å²) in [6.45, 7) is 6.81. The molecule has 1 aromatic heterocycles. The fourth-order valence-corrected chi connectivity index (χ4v) is 2.68. The normalized spacial score (nSPS) is 14.7. The van der Waals surface area contributed by atoms with Gasteiger partial charge in [0.15, 0.2) is 5.06 Å². The molecule has 1 aromatic rings. The third-order valence-electron chi connectivity index (χ3n) is 2.49. The van der Waals surface area contributed by atoms with Gasteiger partial charge in [-0.2, -0.15) is 0 Å². The molecule has 0 unspecified atom stereocenters. The molecule has 1 aliphatic rings. The van der Waals surface area contributed by atoms with E-state index in [-0.39, 0.29) is 6.09 Å². The van der Waals surface area contributed by atoms with Gasteiger partial charge >= 0.3 is 6.09 Å². The topological polar surface area (TPSA) is 38.8 Å². The minimum absolute atomic E-state index is 0.263. The molecule has 0 bridgehead atoms. The van der Waals surface area contributed by atoms with Gasteiger partial charge in [-0.25, -0.2) is 4.79 Å². The maximum atomic E-state index is 11.9. The zero-order valence-electron chi connectivity index (χ0n) is 10.6. The van der Waals surface area contributed by atoms with Crippen LogP contribution in [-0.2, 0) is 17.8 Å². The second kappa shape index (κ2) is 4.22. The molecule has 1 amide bonds. The molecule has 5 heteroatoms. The number of nitrogens with zero attached hydrogens (tertiary/aromatic N) is 1. The van der Waals surface area contributed by atoms with Crippen LogP contribution in [0.1, 0.15) is 31.9 Å². The second-order valence-corrected chi connectivity index (χ2v) is 5.91. The average molecular weight is 255 g/mol. The number of rotatable bonds is 1. The van der Waals surface area contributed by atoms with Crippen LogP contribution >= 0.6 is 11.3 Å². The Bertz CT molecular complexity index is 433. The zero-order valence-corrected chi connectivity index (χ0v) is 11.4. The first-order valence-corrected chi connectivity index (χ1v) is 6.40. The largest absolute Gasteiger partial charge is 0.487 e. The van der Waals surface area contributed by atoms with E-state index in [9.17, 15) is 4.79 Å². The minimum Gasteiger partial charge on any atom is -0.487 e. The summed E-state index contributed by atoms with van der Waals surface area (Å²) in [7, 11) is 1.66. The van der Waals surface area contributed by atoms with Crippen molar-refractivity contribution in [3.8, 4) is 5.06 Å². The van der Waals surface area contributed by atoms with Gasteiger partial charge in [0.2, 0.25) is 0 Å². The summed E-state index contributed by atoms with van der Waals surface area (Å²) in [6.07, 6.45) is -0.263. The molecule has 0 saturated carbocycles. The minimum atomic E-state index is -0.448. The van der Waals surface area contributed by atoms with Crippen LogP contribution < -0.4 is 4.74 Å². The van der Waals surface area contributed by atoms with E-state index in [1.807, 2.05) is 26.2 Å². The third kappa shape index (κ3) is 2.54. The summed E-state index contributed by atoms with van der Waals surface area (Å²) in [4.78, 5) is 13.6. The van der Waals surface area contributed by atoms with Crippen LogP contribution in [0.15, 0.2) is 5.38 Å². The van der Waals surface area contributed by atoms with Crippen LogP contribution in [0, 0.1) is 0 Å². The number of hydrogen-bond acceptors (Lipinski definition) is 4. The summed E-state index contributed by atoms with van der Waals surface area (Å²) in [5, 5.41) is 2.93. The van der Waals surface area contributed by atoms with E-state index in [0.717, 1.165) is 16.2 Å². The van der Waals surface area contributed by atoms with Crippen molar-refractivity contribution in [1.29, 1.82) is 0 Å². The Kier molecular flexibility index (Phi) is 3.03. The number of methoxy groups -OCH3 is 1. The van der Waals surface area contributed by atoms with Crippen molar-refractivity contribution >= 4 is 17.4 Å². The van der Waals surface area contributed by atoms with Gasteiger partial charge in [-0.3, -0.25) is 4.90 Å². The first-order valence-electron chi connectivity index (χ1n) is 5.52. The molecule has 0 atom stereocenters. The number of amides is 1. The Labute approximate surface area is 105 Å². The van der Waals surface area contributed by atoms with Gasteiger partial charge in [0.05, 0.1) is 20.2 Å². The Morgan fingerprint density at radius 1 is 1.41 bits per heavy atom. The van der Waals surface area contributed by atoms with Crippen molar-refractivity contribution in [3.05, 3.63) is 16.5 Å². The molecule has 2 heterocycles. The van der Waals surface area contributed by atoms with Crippen molar-refractivity contribution in [3.63, 3.8) is 0 Å². The second-order valence-electron chi connectivity index (χ2n) is 5.07. The molecule has 0 N–H and O–H groups in total. The summed E-state index contributed by atoms with van der Waals surface area (Å²) in [5.74, 6) is 0. The highest BCUT2D eigenvalue weighted by Gasteiger charge is 2.30. The van der Waals surface area contributed by atoms with E-state index >= 15 is 0 Å². The highest BCUT2D eigenvalue weighted by atomic mass is 32.1. The number of thiophene rings is 1.